The van der Waals surface area contributed by atoms with Gasteiger partial charge in [-0.1, -0.05) is 95.7 Å². The molecule has 0 atom stereocenters. The van der Waals surface area contributed by atoms with E-state index in [4.69, 9.17) is 9.97 Å². The van der Waals surface area contributed by atoms with Crippen LogP contribution in [0.2, 0.25) is 5.82 Å². The van der Waals surface area contributed by atoms with Crippen LogP contribution in [0.5, 0.6) is 0 Å². The molecule has 2 aliphatic rings. The van der Waals surface area contributed by atoms with E-state index in [0.717, 1.165) is 11.3 Å². The minimum atomic E-state index is 0.655. The molecule has 0 amide bonds. The molecule has 0 saturated heterocycles. The molecule has 2 aromatic rings. The van der Waals surface area contributed by atoms with E-state index >= 15 is 0 Å². The zero-order valence-corrected chi connectivity index (χ0v) is 18.3. The van der Waals surface area contributed by atoms with Gasteiger partial charge in [-0.05, 0) is 18.9 Å². The van der Waals surface area contributed by atoms with E-state index in [1.54, 1.807) is 0 Å². The van der Waals surface area contributed by atoms with Crippen LogP contribution in [0.3, 0.4) is 0 Å². The van der Waals surface area contributed by atoms with Crippen molar-refractivity contribution in [2.24, 2.45) is 0 Å². The first-order valence-corrected chi connectivity index (χ1v) is 12.8. The highest BCUT2D eigenvalue weighted by Crippen LogP contribution is 2.31. The predicted molar refractivity (Wildman–Crippen MR) is 123 cm³/mol. The summed E-state index contributed by atoms with van der Waals surface area (Å²) in [6.45, 7) is 0. The molecule has 0 spiro atoms. The molecule has 2 saturated carbocycles. The van der Waals surface area contributed by atoms with Gasteiger partial charge in [-0.25, -0.2) is 0 Å². The van der Waals surface area contributed by atoms with Crippen LogP contribution < -0.4 is 4.91 Å². The van der Waals surface area contributed by atoms with Crippen LogP contribution in [-0.2, 0) is 0 Å². The number of aromatic nitrogens is 2. The lowest BCUT2D eigenvalue weighted by Gasteiger charge is -2.18. The molecule has 0 N–H and O–H groups in total. The second-order valence-corrected chi connectivity index (χ2v) is 10.2. The Balaban J connectivity index is 1.44. The van der Waals surface area contributed by atoms with Gasteiger partial charge in [-0.15, -0.1) is 11.3 Å². The second-order valence-electron chi connectivity index (χ2n) is 9.15. The maximum absolute atomic E-state index is 4.91. The average molecular weight is 395 g/mol. The number of fused-ring (bicyclic) bond motifs is 1. The van der Waals surface area contributed by atoms with Crippen molar-refractivity contribution < 1.29 is 0 Å². The molecule has 0 aliphatic heterocycles. The SMILES string of the molecule is [B](c1nc2cnc(C3CCCCCCCCC3)cc2s1)C1CCCCCCC1. The second kappa shape index (κ2) is 10.8. The lowest BCUT2D eigenvalue weighted by Crippen LogP contribution is -2.19. The summed E-state index contributed by atoms with van der Waals surface area (Å²) in [4.78, 5) is 11.0. The normalized spacial score (nSPS) is 21.9. The van der Waals surface area contributed by atoms with Gasteiger partial charge in [-0.3, -0.25) is 9.97 Å². The van der Waals surface area contributed by atoms with Crippen molar-refractivity contribution >= 4 is 33.7 Å². The van der Waals surface area contributed by atoms with Crippen molar-refractivity contribution in [3.8, 4) is 0 Å². The maximum atomic E-state index is 4.91. The highest BCUT2D eigenvalue weighted by Gasteiger charge is 2.18. The van der Waals surface area contributed by atoms with E-state index in [2.05, 4.69) is 19.5 Å². The molecular weight excluding hydrogens is 359 g/mol. The lowest BCUT2D eigenvalue weighted by atomic mass is 9.60. The van der Waals surface area contributed by atoms with E-state index in [1.807, 2.05) is 11.3 Å². The van der Waals surface area contributed by atoms with Crippen LogP contribution in [0.15, 0.2) is 12.3 Å². The average Bonchev–Trinajstić information content (AvgIpc) is 3.09. The first-order valence-electron chi connectivity index (χ1n) is 12.0. The number of hydrogen-bond acceptors (Lipinski definition) is 3. The van der Waals surface area contributed by atoms with Crippen LogP contribution >= 0.6 is 11.3 Å². The summed E-state index contributed by atoms with van der Waals surface area (Å²) >= 11 is 1.89. The van der Waals surface area contributed by atoms with Gasteiger partial charge < -0.3 is 0 Å². The topological polar surface area (TPSA) is 25.8 Å². The molecule has 2 heterocycles. The molecular formula is C24H36BN2S. The molecule has 4 heteroatoms. The Bertz CT molecular complexity index is 710. The van der Waals surface area contributed by atoms with Crippen LogP contribution in [0.25, 0.3) is 10.2 Å². The third-order valence-corrected chi connectivity index (χ3v) is 7.85. The lowest BCUT2D eigenvalue weighted by molar-refractivity contribution is 0.457. The number of hydrogen-bond donors (Lipinski definition) is 0. The largest absolute Gasteiger partial charge is 0.259 e. The fraction of sp³-hybridized carbons (Fsp3) is 0.750. The smallest absolute Gasteiger partial charge is 0.195 e. The number of thiazole rings is 1. The van der Waals surface area contributed by atoms with Gasteiger partial charge in [-0.2, -0.15) is 0 Å². The third-order valence-electron chi connectivity index (χ3n) is 6.86. The van der Waals surface area contributed by atoms with Crippen molar-refractivity contribution in [3.05, 3.63) is 18.0 Å². The van der Waals surface area contributed by atoms with Crippen molar-refractivity contribution in [2.75, 3.05) is 0 Å². The van der Waals surface area contributed by atoms with Crippen molar-refractivity contribution in [2.45, 2.75) is 114 Å². The first-order chi connectivity index (χ1) is 13.9. The van der Waals surface area contributed by atoms with Crippen LogP contribution in [0.4, 0.5) is 0 Å². The zero-order chi connectivity index (χ0) is 19.0. The Morgan fingerprint density at radius 1 is 0.750 bits per heavy atom. The summed E-state index contributed by atoms with van der Waals surface area (Å²) in [5.74, 6) is 1.38. The number of rotatable bonds is 3. The van der Waals surface area contributed by atoms with E-state index in [1.165, 1.54) is 118 Å². The zero-order valence-electron chi connectivity index (χ0n) is 17.5. The summed E-state index contributed by atoms with van der Waals surface area (Å²) in [6.07, 6.45) is 24.3. The predicted octanol–water partition coefficient (Wildman–Crippen LogP) is 7.16. The van der Waals surface area contributed by atoms with Crippen LogP contribution in [0, 0.1) is 0 Å². The van der Waals surface area contributed by atoms with Gasteiger partial charge in [0.1, 0.15) is 0 Å². The van der Waals surface area contributed by atoms with Gasteiger partial charge in [0.25, 0.3) is 0 Å². The van der Waals surface area contributed by atoms with E-state index in [0.29, 0.717) is 5.92 Å². The Kier molecular flexibility index (Phi) is 7.83. The Labute approximate surface area is 176 Å². The van der Waals surface area contributed by atoms with E-state index in [-0.39, 0.29) is 0 Å². The Hall–Kier alpha value is -0.895. The van der Waals surface area contributed by atoms with Crippen molar-refractivity contribution in [1.29, 1.82) is 0 Å². The molecule has 28 heavy (non-hydrogen) atoms. The van der Waals surface area contributed by atoms with Crippen molar-refractivity contribution in [3.63, 3.8) is 0 Å². The van der Waals surface area contributed by atoms with Crippen molar-refractivity contribution in [1.82, 2.24) is 9.97 Å². The van der Waals surface area contributed by atoms with E-state index in [9.17, 15) is 0 Å². The highest BCUT2D eigenvalue weighted by atomic mass is 32.1. The van der Waals surface area contributed by atoms with Gasteiger partial charge in [0.2, 0.25) is 0 Å². The molecule has 0 aromatic carbocycles. The monoisotopic (exact) mass is 395 g/mol. The van der Waals surface area contributed by atoms with Gasteiger partial charge in [0.05, 0.1) is 16.4 Å². The Morgan fingerprint density at radius 3 is 1.96 bits per heavy atom. The summed E-state index contributed by atoms with van der Waals surface area (Å²) in [5, 5.41) is 0. The summed E-state index contributed by atoms with van der Waals surface area (Å²) in [6, 6.07) is 2.37. The highest BCUT2D eigenvalue weighted by molar-refractivity contribution is 7.26. The molecule has 2 fully saturated rings. The fourth-order valence-electron chi connectivity index (χ4n) is 5.12. The molecule has 0 unspecified atom stereocenters. The van der Waals surface area contributed by atoms with Gasteiger partial charge in [0.15, 0.2) is 7.28 Å². The van der Waals surface area contributed by atoms with Gasteiger partial charge >= 0.3 is 0 Å². The molecule has 0 bridgehead atoms. The summed E-state index contributed by atoms with van der Waals surface area (Å²) < 4.78 is 1.35. The van der Waals surface area contributed by atoms with Gasteiger partial charge in [0, 0.05) is 16.5 Å². The van der Waals surface area contributed by atoms with Crippen LogP contribution in [0.1, 0.15) is 114 Å². The summed E-state index contributed by atoms with van der Waals surface area (Å²) in [5.41, 5.74) is 2.43. The number of pyridine rings is 1. The Morgan fingerprint density at radius 2 is 1.32 bits per heavy atom. The molecule has 2 aromatic heterocycles. The molecule has 2 nitrogen and oxygen atoms in total. The molecule has 4 rings (SSSR count). The quantitative estimate of drug-likeness (QED) is 0.515. The molecule has 2 aliphatic carbocycles. The third kappa shape index (κ3) is 5.81. The molecule has 1 radical (unpaired) electrons. The minimum Gasteiger partial charge on any atom is -0.259 e. The maximum Gasteiger partial charge on any atom is 0.195 e. The number of nitrogens with zero attached hydrogens (tertiary/aromatic N) is 2. The minimum absolute atomic E-state index is 0.655. The van der Waals surface area contributed by atoms with E-state index < -0.39 is 0 Å². The molecule has 151 valence electrons. The van der Waals surface area contributed by atoms with Crippen LogP contribution in [-0.4, -0.2) is 17.2 Å². The summed E-state index contributed by atoms with van der Waals surface area (Å²) in [7, 11) is 2.47. The standard InChI is InChI=1S/C24H36BN2S/c1-2-5-9-13-19(14-10-6-3-1)21-17-23-22(18-26-21)27-24(28-23)25-20-15-11-7-4-8-12-16-20/h17-20H,1-16H2. The first kappa shape index (κ1) is 20.4. The fourth-order valence-corrected chi connectivity index (χ4v) is 6.13.